The molecule has 0 aliphatic heterocycles. The number of thiophene rings is 1. The van der Waals surface area contributed by atoms with Gasteiger partial charge in [0.2, 0.25) is 5.95 Å². The largest absolute Gasteiger partial charge is 0.292 e. The number of hydrogen-bond donors (Lipinski definition) is 0. The molecular formula is C52H32N6S. The molecule has 0 amide bonds. The van der Waals surface area contributed by atoms with Gasteiger partial charge in [-0.15, -0.1) is 11.3 Å². The average Bonchev–Trinajstić information content (AvgIpc) is 4.00. The van der Waals surface area contributed by atoms with Crippen molar-refractivity contribution in [1.29, 1.82) is 0 Å². The maximum absolute atomic E-state index is 5.37. The zero-order valence-electron chi connectivity index (χ0n) is 31.6. The van der Waals surface area contributed by atoms with Crippen LogP contribution >= 0.6 is 11.3 Å². The van der Waals surface area contributed by atoms with E-state index in [2.05, 4.69) is 197 Å². The molecule has 4 heterocycles. The molecule has 0 spiro atoms. The summed E-state index contributed by atoms with van der Waals surface area (Å²) >= 11 is 1.78. The number of aromatic nitrogens is 6. The van der Waals surface area contributed by atoms with E-state index in [-0.39, 0.29) is 0 Å². The Balaban J connectivity index is 1.10. The maximum Gasteiger partial charge on any atom is 0.238 e. The number of fused-ring (bicyclic) bond motifs is 7. The monoisotopic (exact) mass is 772 g/mol. The molecule has 0 atom stereocenters. The minimum atomic E-state index is 0.573. The van der Waals surface area contributed by atoms with Crippen molar-refractivity contribution >= 4 is 64.3 Å². The van der Waals surface area contributed by atoms with Crippen LogP contribution in [0.5, 0.6) is 0 Å². The third kappa shape index (κ3) is 5.40. The van der Waals surface area contributed by atoms with Gasteiger partial charge in [0.1, 0.15) is 5.82 Å². The normalized spacial score (nSPS) is 11.7. The fourth-order valence-electron chi connectivity index (χ4n) is 8.55. The smallest absolute Gasteiger partial charge is 0.238 e. The van der Waals surface area contributed by atoms with Crippen molar-refractivity contribution in [2.45, 2.75) is 0 Å². The third-order valence-corrected chi connectivity index (χ3v) is 12.4. The second-order valence-electron chi connectivity index (χ2n) is 14.7. The van der Waals surface area contributed by atoms with Gasteiger partial charge in [-0.1, -0.05) is 146 Å². The molecule has 0 bridgehead atoms. The molecule has 12 aromatic rings. The molecule has 0 radical (unpaired) electrons. The lowest BCUT2D eigenvalue weighted by Gasteiger charge is -2.12. The molecule has 0 saturated carbocycles. The van der Waals surface area contributed by atoms with E-state index in [0.29, 0.717) is 17.6 Å². The Kier molecular flexibility index (Phi) is 7.61. The van der Waals surface area contributed by atoms with Crippen LogP contribution in [0.25, 0.3) is 110 Å². The van der Waals surface area contributed by atoms with Crippen molar-refractivity contribution in [3.8, 4) is 56.9 Å². The standard InChI is InChI=1S/C52H32N6S/c1-3-15-33(16-4-1)34-29-31-35(32-30-34)49-54-50(56-52(55-49)58-43-25-10-7-19-37(43)38-20-8-11-26-44(38)58)40-22-14-28-46-47(40)39-21-13-23-41(48(39)59-46)51-53-42-24-9-12-27-45(42)57(51)36-17-5-2-6-18-36/h1-32H. The van der Waals surface area contributed by atoms with Crippen LogP contribution in [0, 0.1) is 0 Å². The van der Waals surface area contributed by atoms with Crippen molar-refractivity contribution in [1.82, 2.24) is 29.1 Å². The predicted molar refractivity (Wildman–Crippen MR) is 243 cm³/mol. The number of nitrogens with zero attached hydrogens (tertiary/aromatic N) is 6. The van der Waals surface area contributed by atoms with E-state index in [4.69, 9.17) is 19.9 Å². The van der Waals surface area contributed by atoms with Crippen LogP contribution in [0.4, 0.5) is 0 Å². The summed E-state index contributed by atoms with van der Waals surface area (Å²) in [4.78, 5) is 21.2. The molecule has 59 heavy (non-hydrogen) atoms. The number of para-hydroxylation sites is 5. The molecule has 0 N–H and O–H groups in total. The van der Waals surface area contributed by atoms with E-state index in [1.807, 2.05) is 6.07 Å². The topological polar surface area (TPSA) is 61.4 Å². The molecule has 4 aromatic heterocycles. The van der Waals surface area contributed by atoms with Crippen molar-refractivity contribution in [3.63, 3.8) is 0 Å². The van der Waals surface area contributed by atoms with E-state index in [1.54, 1.807) is 11.3 Å². The number of rotatable bonds is 6. The summed E-state index contributed by atoms with van der Waals surface area (Å²) in [5.41, 5.74) is 10.4. The molecule has 0 saturated heterocycles. The van der Waals surface area contributed by atoms with Crippen LogP contribution < -0.4 is 0 Å². The Labute approximate surface area is 343 Å². The first-order chi connectivity index (χ1) is 29.3. The average molecular weight is 773 g/mol. The summed E-state index contributed by atoms with van der Waals surface area (Å²) in [5, 5.41) is 4.55. The molecule has 0 aliphatic carbocycles. The highest BCUT2D eigenvalue weighted by molar-refractivity contribution is 7.26. The first kappa shape index (κ1) is 33.4. The Morgan fingerprint density at radius 2 is 0.949 bits per heavy atom. The summed E-state index contributed by atoms with van der Waals surface area (Å²) in [6.45, 7) is 0. The molecule has 12 rings (SSSR count). The summed E-state index contributed by atoms with van der Waals surface area (Å²) in [6.07, 6.45) is 0. The van der Waals surface area contributed by atoms with Gasteiger partial charge in [0, 0.05) is 53.3 Å². The van der Waals surface area contributed by atoms with Crippen LogP contribution in [-0.4, -0.2) is 29.1 Å². The quantitative estimate of drug-likeness (QED) is 0.169. The van der Waals surface area contributed by atoms with E-state index in [0.717, 1.165) is 92.3 Å². The van der Waals surface area contributed by atoms with Crippen molar-refractivity contribution in [2.75, 3.05) is 0 Å². The summed E-state index contributed by atoms with van der Waals surface area (Å²) in [7, 11) is 0. The Bertz CT molecular complexity index is 3490. The molecule has 6 nitrogen and oxygen atoms in total. The minimum Gasteiger partial charge on any atom is -0.292 e. The number of benzene rings is 8. The van der Waals surface area contributed by atoms with Crippen molar-refractivity contribution in [2.24, 2.45) is 0 Å². The van der Waals surface area contributed by atoms with Crippen LogP contribution in [-0.2, 0) is 0 Å². The van der Waals surface area contributed by atoms with Crippen LogP contribution in [0.1, 0.15) is 0 Å². The molecule has 7 heteroatoms. The number of hydrogen-bond acceptors (Lipinski definition) is 5. The van der Waals surface area contributed by atoms with Gasteiger partial charge in [0.25, 0.3) is 0 Å². The van der Waals surface area contributed by atoms with Crippen molar-refractivity contribution < 1.29 is 0 Å². The van der Waals surface area contributed by atoms with Gasteiger partial charge in [-0.05, 0) is 59.7 Å². The highest BCUT2D eigenvalue weighted by atomic mass is 32.1. The van der Waals surface area contributed by atoms with Gasteiger partial charge in [-0.3, -0.25) is 9.13 Å². The molecule has 0 fully saturated rings. The lowest BCUT2D eigenvalue weighted by molar-refractivity contribution is 0.954. The van der Waals surface area contributed by atoms with Gasteiger partial charge >= 0.3 is 0 Å². The van der Waals surface area contributed by atoms with E-state index < -0.39 is 0 Å². The lowest BCUT2D eigenvalue weighted by atomic mass is 10.0. The fraction of sp³-hybridized carbons (Fsp3) is 0. The third-order valence-electron chi connectivity index (χ3n) is 11.2. The second kappa shape index (κ2) is 13.4. The number of imidazole rings is 1. The highest BCUT2D eigenvalue weighted by Crippen LogP contribution is 2.44. The Hall–Kier alpha value is -7.74. The maximum atomic E-state index is 5.37. The van der Waals surface area contributed by atoms with Gasteiger partial charge in [-0.25, -0.2) is 9.97 Å². The minimum absolute atomic E-state index is 0.573. The first-order valence-corrected chi connectivity index (χ1v) is 20.5. The van der Waals surface area contributed by atoms with Gasteiger partial charge in [0.15, 0.2) is 11.6 Å². The summed E-state index contributed by atoms with van der Waals surface area (Å²) in [5.74, 6) is 2.71. The highest BCUT2D eigenvalue weighted by Gasteiger charge is 2.22. The molecule has 276 valence electrons. The predicted octanol–water partition coefficient (Wildman–Crippen LogP) is 13.3. The molecular weight excluding hydrogens is 741 g/mol. The summed E-state index contributed by atoms with van der Waals surface area (Å²) < 4.78 is 6.76. The summed E-state index contributed by atoms with van der Waals surface area (Å²) in [6, 6.07) is 67.8. The Morgan fingerprint density at radius 3 is 1.71 bits per heavy atom. The van der Waals surface area contributed by atoms with Gasteiger partial charge in [0.05, 0.1) is 22.1 Å². The van der Waals surface area contributed by atoms with Gasteiger partial charge in [-0.2, -0.15) is 9.97 Å². The lowest BCUT2D eigenvalue weighted by Crippen LogP contribution is -2.06. The SMILES string of the molecule is c1ccc(-c2ccc(-c3nc(-c4cccc5sc6c(-c7nc8ccccc8n7-c7ccccc7)cccc6c45)nc(-n4c5ccccc5c5ccccc54)n3)cc2)cc1. The van der Waals surface area contributed by atoms with Crippen LogP contribution in [0.2, 0.25) is 0 Å². The fourth-order valence-corrected chi connectivity index (χ4v) is 9.79. The van der Waals surface area contributed by atoms with E-state index in [1.165, 1.54) is 0 Å². The molecule has 0 unspecified atom stereocenters. The zero-order chi connectivity index (χ0) is 38.9. The zero-order valence-corrected chi connectivity index (χ0v) is 32.4. The Morgan fingerprint density at radius 1 is 0.373 bits per heavy atom. The molecule has 0 aliphatic rings. The first-order valence-electron chi connectivity index (χ1n) is 19.7. The molecule has 8 aromatic carbocycles. The second-order valence-corrected chi connectivity index (χ2v) is 15.7. The van der Waals surface area contributed by atoms with Crippen LogP contribution in [0.3, 0.4) is 0 Å². The van der Waals surface area contributed by atoms with Crippen molar-refractivity contribution in [3.05, 3.63) is 194 Å². The van der Waals surface area contributed by atoms with E-state index >= 15 is 0 Å². The van der Waals surface area contributed by atoms with Gasteiger partial charge < -0.3 is 0 Å². The van der Waals surface area contributed by atoms with E-state index in [9.17, 15) is 0 Å². The van der Waals surface area contributed by atoms with Crippen LogP contribution in [0.15, 0.2) is 194 Å².